The van der Waals surface area contributed by atoms with Crippen molar-refractivity contribution in [3.8, 4) is 0 Å². The number of aliphatic imine (C=N–C) groups is 1. The zero-order chi connectivity index (χ0) is 11.3. The number of hydrogen-bond donors (Lipinski definition) is 0. The van der Waals surface area contributed by atoms with Gasteiger partial charge in [0.05, 0.1) is 5.55 Å². The predicted molar refractivity (Wildman–Crippen MR) is 56.9 cm³/mol. The summed E-state index contributed by atoms with van der Waals surface area (Å²) in [5.74, 6) is -0.0540. The second-order valence-corrected chi connectivity index (χ2v) is 4.16. The molecule has 1 rings (SSSR count). The maximum Gasteiger partial charge on any atom is 0.302 e. The zero-order valence-electron chi connectivity index (χ0n) is 8.69. The largest absolute Gasteiger partial charge is 0.463 e. The molecule has 0 amide bonds. The smallest absolute Gasteiger partial charge is 0.302 e. The van der Waals surface area contributed by atoms with E-state index in [9.17, 15) is 9.59 Å². The highest BCUT2D eigenvalue weighted by Crippen LogP contribution is 2.24. The minimum absolute atomic E-state index is 0.152. The van der Waals surface area contributed by atoms with E-state index in [1.165, 1.54) is 25.6 Å². The van der Waals surface area contributed by atoms with Crippen LogP contribution >= 0.6 is 11.8 Å². The first-order valence-electron chi connectivity index (χ1n) is 4.46. The molecule has 0 aliphatic carbocycles. The fraction of sp³-hybridized carbons (Fsp3) is 0.667. The average Bonchev–Trinajstić information content (AvgIpc) is 2.61. The summed E-state index contributed by atoms with van der Waals surface area (Å²) in [7, 11) is 0. The molecular formula is C9H13NO4S. The fourth-order valence-electron chi connectivity index (χ4n) is 1.05. The monoisotopic (exact) mass is 231 g/mol. The summed E-state index contributed by atoms with van der Waals surface area (Å²) in [6.07, 6.45) is 0. The van der Waals surface area contributed by atoms with E-state index in [0.29, 0.717) is 5.75 Å². The molecular weight excluding hydrogens is 218 g/mol. The Morgan fingerprint density at radius 1 is 1.33 bits per heavy atom. The van der Waals surface area contributed by atoms with E-state index in [2.05, 4.69) is 4.99 Å². The Kier molecular flexibility index (Phi) is 4.14. The number of hydrogen-bond acceptors (Lipinski definition) is 6. The molecule has 0 aromatic carbocycles. The molecule has 5 nitrogen and oxygen atoms in total. The van der Waals surface area contributed by atoms with Crippen molar-refractivity contribution in [3.63, 3.8) is 0 Å². The van der Waals surface area contributed by atoms with Crippen molar-refractivity contribution in [1.82, 2.24) is 0 Å². The van der Waals surface area contributed by atoms with Gasteiger partial charge in [0, 0.05) is 19.6 Å². The van der Waals surface area contributed by atoms with E-state index < -0.39 is 5.54 Å². The molecule has 15 heavy (non-hydrogen) atoms. The van der Waals surface area contributed by atoms with Crippen LogP contribution in [0.4, 0.5) is 0 Å². The Balaban J connectivity index is 2.50. The van der Waals surface area contributed by atoms with Gasteiger partial charge in [-0.3, -0.25) is 14.6 Å². The number of ether oxygens (including phenoxy) is 2. The quantitative estimate of drug-likeness (QED) is 0.664. The van der Waals surface area contributed by atoms with Crippen LogP contribution in [-0.4, -0.2) is 42.0 Å². The summed E-state index contributed by atoms with van der Waals surface area (Å²) in [6, 6.07) is 0. The van der Waals surface area contributed by atoms with Crippen LogP contribution in [0, 0.1) is 0 Å². The molecule has 1 aliphatic rings. The third-order valence-electron chi connectivity index (χ3n) is 1.84. The van der Waals surface area contributed by atoms with Gasteiger partial charge >= 0.3 is 11.9 Å². The van der Waals surface area contributed by atoms with E-state index in [1.807, 2.05) is 0 Å². The lowest BCUT2D eigenvalue weighted by Crippen LogP contribution is -2.39. The highest BCUT2D eigenvalue weighted by molar-refractivity contribution is 8.12. The van der Waals surface area contributed by atoms with Crippen molar-refractivity contribution >= 4 is 29.2 Å². The maximum atomic E-state index is 10.7. The van der Waals surface area contributed by atoms with Gasteiger partial charge < -0.3 is 9.47 Å². The van der Waals surface area contributed by atoms with Crippen LogP contribution in [0.5, 0.6) is 0 Å². The van der Waals surface area contributed by atoms with Gasteiger partial charge in [0.15, 0.2) is 0 Å². The first-order chi connectivity index (χ1) is 7.04. The first kappa shape index (κ1) is 12.0. The third-order valence-corrected chi connectivity index (χ3v) is 2.80. The van der Waals surface area contributed by atoms with Crippen molar-refractivity contribution < 1.29 is 19.1 Å². The lowest BCUT2D eigenvalue weighted by molar-refractivity contribution is -0.146. The van der Waals surface area contributed by atoms with Crippen molar-refractivity contribution in [1.29, 1.82) is 0 Å². The molecule has 0 unspecified atom stereocenters. The summed E-state index contributed by atoms with van der Waals surface area (Å²) in [6.45, 7) is 2.98. The predicted octanol–water partition coefficient (Wildman–Crippen LogP) is 0.626. The molecule has 0 saturated heterocycles. The van der Waals surface area contributed by atoms with Crippen molar-refractivity contribution in [3.05, 3.63) is 0 Å². The Hall–Kier alpha value is -1.04. The summed E-state index contributed by atoms with van der Waals surface area (Å²) in [5, 5.41) is 0. The van der Waals surface area contributed by atoms with E-state index in [0.717, 1.165) is 0 Å². The lowest BCUT2D eigenvalue weighted by atomic mass is 10.1. The first-order valence-corrected chi connectivity index (χ1v) is 5.51. The summed E-state index contributed by atoms with van der Waals surface area (Å²) in [4.78, 5) is 25.6. The number of rotatable bonds is 4. The van der Waals surface area contributed by atoms with Crippen LogP contribution in [0.2, 0.25) is 0 Å². The normalized spacial score (nSPS) is 17.5. The van der Waals surface area contributed by atoms with Gasteiger partial charge in [-0.1, -0.05) is 0 Å². The van der Waals surface area contributed by atoms with E-state index >= 15 is 0 Å². The number of thioether (sulfide) groups is 1. The Bertz CT molecular complexity index is 272. The highest BCUT2D eigenvalue weighted by Gasteiger charge is 2.35. The number of carbonyl (C=O) groups is 2. The van der Waals surface area contributed by atoms with Crippen LogP contribution in [0.1, 0.15) is 13.8 Å². The highest BCUT2D eigenvalue weighted by atomic mass is 32.2. The number of nitrogens with zero attached hydrogens (tertiary/aromatic N) is 1. The minimum atomic E-state index is -0.595. The van der Waals surface area contributed by atoms with E-state index in [1.54, 1.807) is 5.55 Å². The second-order valence-electron chi connectivity index (χ2n) is 3.33. The molecule has 0 aromatic heterocycles. The molecule has 0 fully saturated rings. The molecule has 0 bridgehead atoms. The van der Waals surface area contributed by atoms with Gasteiger partial charge in [-0.05, 0) is 0 Å². The van der Waals surface area contributed by atoms with Gasteiger partial charge in [0.2, 0.25) is 0 Å². The van der Waals surface area contributed by atoms with Gasteiger partial charge in [0.25, 0.3) is 0 Å². The van der Waals surface area contributed by atoms with Crippen molar-refractivity contribution in [2.75, 3.05) is 19.0 Å². The van der Waals surface area contributed by atoms with Gasteiger partial charge in [-0.15, -0.1) is 11.8 Å². The SMILES string of the molecule is CC(=O)OCC1(COC(C)=O)CSC=N1. The Morgan fingerprint density at radius 3 is 2.20 bits per heavy atom. The number of carbonyl (C=O) groups excluding carboxylic acids is 2. The van der Waals surface area contributed by atoms with Gasteiger partial charge in [-0.2, -0.15) is 0 Å². The molecule has 0 atom stereocenters. The number of esters is 2. The molecule has 0 radical (unpaired) electrons. The lowest BCUT2D eigenvalue weighted by Gasteiger charge is -2.23. The average molecular weight is 231 g/mol. The van der Waals surface area contributed by atoms with E-state index in [4.69, 9.17) is 9.47 Å². The Morgan fingerprint density at radius 2 is 1.87 bits per heavy atom. The third kappa shape index (κ3) is 3.91. The molecule has 0 spiro atoms. The standard InChI is InChI=1S/C9H13NO4S/c1-7(11)13-3-9(4-14-8(2)12)5-15-6-10-9/h6H,3-5H2,1-2H3. The van der Waals surface area contributed by atoms with E-state index in [-0.39, 0.29) is 25.2 Å². The van der Waals surface area contributed by atoms with Crippen LogP contribution in [0.3, 0.4) is 0 Å². The summed E-state index contributed by atoms with van der Waals surface area (Å²) >= 11 is 1.51. The molecule has 1 aliphatic heterocycles. The van der Waals surface area contributed by atoms with Gasteiger partial charge in [0.1, 0.15) is 18.8 Å². The molecule has 0 saturated carbocycles. The van der Waals surface area contributed by atoms with Crippen molar-refractivity contribution in [2.24, 2.45) is 4.99 Å². The summed E-state index contributed by atoms with van der Waals surface area (Å²) < 4.78 is 9.81. The van der Waals surface area contributed by atoms with Gasteiger partial charge in [-0.25, -0.2) is 0 Å². The van der Waals surface area contributed by atoms with Crippen LogP contribution in [0.15, 0.2) is 4.99 Å². The Labute approximate surface area is 92.2 Å². The van der Waals surface area contributed by atoms with Crippen LogP contribution in [-0.2, 0) is 19.1 Å². The molecule has 84 valence electrons. The van der Waals surface area contributed by atoms with Crippen molar-refractivity contribution in [2.45, 2.75) is 19.4 Å². The molecule has 1 heterocycles. The second kappa shape index (κ2) is 5.16. The fourth-order valence-corrected chi connectivity index (χ4v) is 1.97. The van der Waals surface area contributed by atoms with Crippen LogP contribution in [0.25, 0.3) is 0 Å². The molecule has 6 heteroatoms. The zero-order valence-corrected chi connectivity index (χ0v) is 9.50. The summed E-state index contributed by atoms with van der Waals surface area (Å²) in [5.41, 5.74) is 1.09. The topological polar surface area (TPSA) is 65.0 Å². The van der Waals surface area contributed by atoms with Crippen LogP contribution < -0.4 is 0 Å². The molecule has 0 N–H and O–H groups in total. The maximum absolute atomic E-state index is 10.7. The minimum Gasteiger partial charge on any atom is -0.463 e. The molecule has 0 aromatic rings.